The SMILES string of the molecule is CC(O)(CNC(=O)CCc1cccc(F)c1)c1ccsc1. The standard InChI is InChI=1S/C16H18FNO2S/c1-16(20,13-7-8-21-10-13)11-18-15(19)6-5-12-3-2-4-14(17)9-12/h2-4,7-10,20H,5-6,11H2,1H3,(H,18,19). The molecule has 0 radical (unpaired) electrons. The molecule has 2 N–H and O–H groups in total. The first-order valence-electron chi connectivity index (χ1n) is 6.73. The van der Waals surface area contributed by atoms with Crippen molar-refractivity contribution in [3.63, 3.8) is 0 Å². The maximum Gasteiger partial charge on any atom is 0.220 e. The molecule has 0 bridgehead atoms. The van der Waals surface area contributed by atoms with E-state index in [-0.39, 0.29) is 24.7 Å². The van der Waals surface area contributed by atoms with Gasteiger partial charge in [-0.15, -0.1) is 0 Å². The monoisotopic (exact) mass is 307 g/mol. The lowest BCUT2D eigenvalue weighted by Crippen LogP contribution is -2.38. The molecule has 1 aromatic carbocycles. The first-order valence-corrected chi connectivity index (χ1v) is 7.68. The van der Waals surface area contributed by atoms with Crippen LogP contribution in [0, 0.1) is 5.82 Å². The van der Waals surface area contributed by atoms with E-state index < -0.39 is 5.60 Å². The summed E-state index contributed by atoms with van der Waals surface area (Å²) in [4.78, 5) is 11.8. The fourth-order valence-electron chi connectivity index (χ4n) is 1.98. The van der Waals surface area contributed by atoms with E-state index in [0.717, 1.165) is 11.1 Å². The van der Waals surface area contributed by atoms with Crippen LogP contribution in [0.5, 0.6) is 0 Å². The van der Waals surface area contributed by atoms with Crippen molar-refractivity contribution in [2.45, 2.75) is 25.4 Å². The highest BCUT2D eigenvalue weighted by molar-refractivity contribution is 7.08. The summed E-state index contributed by atoms with van der Waals surface area (Å²) in [7, 11) is 0. The Hall–Kier alpha value is -1.72. The summed E-state index contributed by atoms with van der Waals surface area (Å²) in [6, 6.07) is 8.06. The number of aliphatic hydroxyl groups is 1. The van der Waals surface area contributed by atoms with Crippen molar-refractivity contribution < 1.29 is 14.3 Å². The lowest BCUT2D eigenvalue weighted by atomic mass is 9.99. The largest absolute Gasteiger partial charge is 0.384 e. The van der Waals surface area contributed by atoms with Crippen LogP contribution in [0.25, 0.3) is 0 Å². The predicted octanol–water partition coefficient (Wildman–Crippen LogP) is 2.84. The fourth-order valence-corrected chi connectivity index (χ4v) is 2.77. The predicted molar refractivity (Wildman–Crippen MR) is 81.6 cm³/mol. The van der Waals surface area contributed by atoms with E-state index in [2.05, 4.69) is 5.32 Å². The smallest absolute Gasteiger partial charge is 0.220 e. The average Bonchev–Trinajstić information content (AvgIpc) is 2.98. The molecule has 3 nitrogen and oxygen atoms in total. The minimum absolute atomic E-state index is 0.158. The molecule has 1 atom stereocenters. The normalized spacial score (nSPS) is 13.7. The maximum atomic E-state index is 13.0. The summed E-state index contributed by atoms with van der Waals surface area (Å²) in [5.41, 5.74) is 0.502. The third-order valence-electron chi connectivity index (χ3n) is 3.30. The molecule has 0 spiro atoms. The molecule has 2 aromatic rings. The van der Waals surface area contributed by atoms with Gasteiger partial charge in [0, 0.05) is 6.42 Å². The molecule has 21 heavy (non-hydrogen) atoms. The van der Waals surface area contributed by atoms with Crippen molar-refractivity contribution in [3.8, 4) is 0 Å². The highest BCUT2D eigenvalue weighted by atomic mass is 32.1. The summed E-state index contributed by atoms with van der Waals surface area (Å²) in [6.07, 6.45) is 0.743. The van der Waals surface area contributed by atoms with E-state index in [1.165, 1.54) is 23.5 Å². The van der Waals surface area contributed by atoms with E-state index in [1.807, 2.05) is 16.8 Å². The molecule has 0 fully saturated rings. The summed E-state index contributed by atoms with van der Waals surface area (Å²) < 4.78 is 13.0. The van der Waals surface area contributed by atoms with Gasteiger partial charge in [0.1, 0.15) is 11.4 Å². The minimum Gasteiger partial charge on any atom is -0.384 e. The number of hydrogen-bond acceptors (Lipinski definition) is 3. The fraction of sp³-hybridized carbons (Fsp3) is 0.312. The number of aryl methyl sites for hydroxylation is 1. The van der Waals surface area contributed by atoms with Crippen molar-refractivity contribution in [1.29, 1.82) is 0 Å². The number of rotatable bonds is 6. The highest BCUT2D eigenvalue weighted by Gasteiger charge is 2.23. The van der Waals surface area contributed by atoms with Crippen LogP contribution in [0.4, 0.5) is 4.39 Å². The van der Waals surface area contributed by atoms with Gasteiger partial charge in [-0.25, -0.2) is 4.39 Å². The second kappa shape index (κ2) is 6.83. The van der Waals surface area contributed by atoms with Crippen molar-refractivity contribution >= 4 is 17.2 Å². The van der Waals surface area contributed by atoms with Crippen LogP contribution in [0.3, 0.4) is 0 Å². The summed E-state index contributed by atoms with van der Waals surface area (Å²) in [6.45, 7) is 1.83. The van der Waals surface area contributed by atoms with Gasteiger partial charge >= 0.3 is 0 Å². The van der Waals surface area contributed by atoms with Crippen molar-refractivity contribution in [2.75, 3.05) is 6.54 Å². The second-order valence-electron chi connectivity index (χ2n) is 5.19. The molecule has 5 heteroatoms. The summed E-state index contributed by atoms with van der Waals surface area (Å²) in [5.74, 6) is -0.455. The molecule has 1 unspecified atom stereocenters. The van der Waals surface area contributed by atoms with Gasteiger partial charge in [-0.1, -0.05) is 12.1 Å². The summed E-state index contributed by atoms with van der Waals surface area (Å²) in [5, 5.41) is 16.8. The second-order valence-corrected chi connectivity index (χ2v) is 5.97. The van der Waals surface area contributed by atoms with E-state index in [0.29, 0.717) is 6.42 Å². The average molecular weight is 307 g/mol. The Labute approximate surface area is 127 Å². The molecule has 2 rings (SSSR count). The van der Waals surface area contributed by atoms with E-state index >= 15 is 0 Å². The Morgan fingerprint density at radius 1 is 1.43 bits per heavy atom. The zero-order valence-electron chi connectivity index (χ0n) is 11.8. The number of nitrogens with one attached hydrogen (secondary N) is 1. The van der Waals surface area contributed by atoms with Gasteiger partial charge in [-0.3, -0.25) is 4.79 Å². The molecule has 1 amide bonds. The summed E-state index contributed by atoms with van der Waals surface area (Å²) >= 11 is 1.50. The van der Waals surface area contributed by atoms with Crippen molar-refractivity contribution in [3.05, 3.63) is 58.0 Å². The quantitative estimate of drug-likeness (QED) is 0.862. The molecule has 0 saturated carbocycles. The van der Waals surface area contributed by atoms with Gasteiger partial charge in [-0.05, 0) is 53.4 Å². The lowest BCUT2D eigenvalue weighted by molar-refractivity contribution is -0.122. The number of thiophene rings is 1. The van der Waals surface area contributed by atoms with Crippen LogP contribution in [-0.2, 0) is 16.8 Å². The Balaban J connectivity index is 1.80. The van der Waals surface area contributed by atoms with Gasteiger partial charge < -0.3 is 10.4 Å². The molecular formula is C16H18FNO2S. The molecule has 0 aliphatic carbocycles. The van der Waals surface area contributed by atoms with Crippen molar-refractivity contribution in [1.82, 2.24) is 5.32 Å². The third kappa shape index (κ3) is 4.65. The number of amides is 1. The molecule has 0 aliphatic heterocycles. The van der Waals surface area contributed by atoms with Gasteiger partial charge in [0.25, 0.3) is 0 Å². The van der Waals surface area contributed by atoms with Crippen LogP contribution in [-0.4, -0.2) is 17.6 Å². The molecule has 1 aromatic heterocycles. The van der Waals surface area contributed by atoms with Crippen molar-refractivity contribution in [2.24, 2.45) is 0 Å². The van der Waals surface area contributed by atoms with Gasteiger partial charge in [0.05, 0.1) is 6.54 Å². The molecule has 0 saturated heterocycles. The number of hydrogen-bond donors (Lipinski definition) is 2. The topological polar surface area (TPSA) is 49.3 Å². The Kier molecular flexibility index (Phi) is 5.09. The number of halogens is 1. The number of carbonyl (C=O) groups is 1. The van der Waals surface area contributed by atoms with Gasteiger partial charge in [-0.2, -0.15) is 11.3 Å². The molecule has 0 aliphatic rings. The Bertz CT molecular complexity index is 596. The highest BCUT2D eigenvalue weighted by Crippen LogP contribution is 2.22. The lowest BCUT2D eigenvalue weighted by Gasteiger charge is -2.22. The third-order valence-corrected chi connectivity index (χ3v) is 3.99. The molecular weight excluding hydrogens is 289 g/mol. The minimum atomic E-state index is -1.07. The zero-order valence-corrected chi connectivity index (χ0v) is 12.6. The Morgan fingerprint density at radius 3 is 2.90 bits per heavy atom. The van der Waals surface area contributed by atoms with Crippen LogP contribution in [0.2, 0.25) is 0 Å². The van der Waals surface area contributed by atoms with E-state index in [4.69, 9.17) is 0 Å². The number of benzene rings is 1. The van der Waals surface area contributed by atoms with E-state index in [1.54, 1.807) is 19.1 Å². The number of carbonyl (C=O) groups excluding carboxylic acids is 1. The zero-order chi connectivity index (χ0) is 15.3. The Morgan fingerprint density at radius 2 is 2.24 bits per heavy atom. The molecule has 112 valence electrons. The van der Waals surface area contributed by atoms with E-state index in [9.17, 15) is 14.3 Å². The van der Waals surface area contributed by atoms with Gasteiger partial charge in [0.2, 0.25) is 5.91 Å². The maximum absolute atomic E-state index is 13.0. The van der Waals surface area contributed by atoms with Crippen LogP contribution < -0.4 is 5.32 Å². The first-order chi connectivity index (χ1) is 9.97. The molecule has 1 heterocycles. The van der Waals surface area contributed by atoms with Crippen LogP contribution in [0.15, 0.2) is 41.1 Å². The van der Waals surface area contributed by atoms with Crippen LogP contribution >= 0.6 is 11.3 Å². The first kappa shape index (κ1) is 15.7. The van der Waals surface area contributed by atoms with Gasteiger partial charge in [0.15, 0.2) is 0 Å². The van der Waals surface area contributed by atoms with Crippen LogP contribution in [0.1, 0.15) is 24.5 Å².